The largest absolute Gasteiger partial charge is 0.367 e. The molecule has 5 rings (SSSR count). The molecule has 178 valence electrons. The molecule has 0 radical (unpaired) electrons. The monoisotopic (exact) mass is 452 g/mol. The fourth-order valence-electron chi connectivity index (χ4n) is 6.09. The number of benzene rings is 1. The highest BCUT2D eigenvalue weighted by Crippen LogP contribution is 2.36. The Morgan fingerprint density at radius 3 is 2.48 bits per heavy atom. The summed E-state index contributed by atoms with van der Waals surface area (Å²) in [6.07, 6.45) is 3.43. The van der Waals surface area contributed by atoms with Gasteiger partial charge in [-0.1, -0.05) is 12.1 Å². The van der Waals surface area contributed by atoms with E-state index < -0.39 is 0 Å². The van der Waals surface area contributed by atoms with Gasteiger partial charge in [0, 0.05) is 50.6 Å². The van der Waals surface area contributed by atoms with Crippen molar-refractivity contribution >= 4 is 28.4 Å². The Balaban J connectivity index is 1.39. The molecule has 3 atom stereocenters. The number of para-hydroxylation sites is 1. The molecule has 2 amide bonds. The zero-order valence-electron chi connectivity index (χ0n) is 20.0. The summed E-state index contributed by atoms with van der Waals surface area (Å²) in [6.45, 7) is 10.1. The summed E-state index contributed by atoms with van der Waals surface area (Å²) in [6, 6.07) is 7.26. The van der Waals surface area contributed by atoms with Gasteiger partial charge < -0.3 is 10.2 Å². The van der Waals surface area contributed by atoms with Crippen molar-refractivity contribution in [2.75, 3.05) is 37.6 Å². The van der Waals surface area contributed by atoms with Crippen molar-refractivity contribution in [3.05, 3.63) is 23.9 Å². The van der Waals surface area contributed by atoms with Crippen LogP contribution in [0.15, 0.2) is 18.2 Å². The van der Waals surface area contributed by atoms with E-state index in [1.54, 1.807) is 0 Å². The number of aromatic nitrogens is 2. The summed E-state index contributed by atoms with van der Waals surface area (Å²) in [5.74, 6) is -0.00597. The molecule has 1 aromatic heterocycles. The number of anilines is 1. The summed E-state index contributed by atoms with van der Waals surface area (Å²) in [7, 11) is 1.96. The van der Waals surface area contributed by atoms with Crippen LogP contribution < -0.4 is 15.5 Å². The van der Waals surface area contributed by atoms with E-state index in [1.807, 2.05) is 11.7 Å². The van der Waals surface area contributed by atoms with Gasteiger partial charge in [0.05, 0.1) is 22.8 Å². The van der Waals surface area contributed by atoms with Crippen LogP contribution in [0.2, 0.25) is 0 Å². The van der Waals surface area contributed by atoms with Crippen LogP contribution in [0.5, 0.6) is 0 Å². The second-order valence-corrected chi connectivity index (χ2v) is 10.2. The third-order valence-electron chi connectivity index (χ3n) is 7.81. The number of imide groups is 1. The molecule has 8 heteroatoms. The lowest BCUT2D eigenvalue weighted by Gasteiger charge is -2.47. The van der Waals surface area contributed by atoms with Crippen molar-refractivity contribution in [2.24, 2.45) is 13.0 Å². The number of aryl methyl sites for hydroxylation is 1. The second-order valence-electron chi connectivity index (χ2n) is 10.2. The van der Waals surface area contributed by atoms with Crippen LogP contribution in [0.4, 0.5) is 5.69 Å². The number of piperidine rings is 2. The highest BCUT2D eigenvalue weighted by Gasteiger charge is 2.35. The molecule has 1 unspecified atom stereocenters. The maximum absolute atomic E-state index is 12.5. The standard InChI is InChI=1S/C25H36N6O2/c1-16-13-30(14-17(2)31(16)15-18-9-11-26-12-10-18)21-6-4-5-19-23(28-29(3)24(19)21)20-7-8-22(32)27-25(20)33/h4-6,16-18,20,26H,7-15H2,1-3H3,(H,27,32,33)/t16-,17-,20?/m0/s1. The first-order valence-corrected chi connectivity index (χ1v) is 12.4. The summed E-state index contributed by atoms with van der Waals surface area (Å²) >= 11 is 0. The number of fused-ring (bicyclic) bond motifs is 1. The minimum Gasteiger partial charge on any atom is -0.367 e. The van der Waals surface area contributed by atoms with Crippen molar-refractivity contribution in [1.29, 1.82) is 0 Å². The zero-order valence-corrected chi connectivity index (χ0v) is 20.0. The summed E-state index contributed by atoms with van der Waals surface area (Å²) in [5.41, 5.74) is 3.04. The molecule has 2 aromatic rings. The van der Waals surface area contributed by atoms with Gasteiger partial charge in [-0.25, -0.2) is 0 Å². The molecule has 4 heterocycles. The van der Waals surface area contributed by atoms with Crippen LogP contribution in [0, 0.1) is 5.92 Å². The molecule has 0 aliphatic carbocycles. The van der Waals surface area contributed by atoms with Crippen molar-refractivity contribution in [3.63, 3.8) is 0 Å². The lowest BCUT2D eigenvalue weighted by Crippen LogP contribution is -2.58. The van der Waals surface area contributed by atoms with Gasteiger partial charge in [-0.3, -0.25) is 24.5 Å². The topological polar surface area (TPSA) is 82.5 Å². The first kappa shape index (κ1) is 22.3. The Hall–Kier alpha value is -2.45. The second kappa shape index (κ2) is 9.06. The number of carbonyl (C=O) groups excluding carboxylic acids is 2. The number of nitrogens with zero attached hydrogens (tertiary/aromatic N) is 4. The quantitative estimate of drug-likeness (QED) is 0.691. The Morgan fingerprint density at radius 1 is 1.06 bits per heavy atom. The molecule has 0 saturated carbocycles. The van der Waals surface area contributed by atoms with Gasteiger partial charge in [-0.2, -0.15) is 5.10 Å². The average molecular weight is 453 g/mol. The zero-order chi connectivity index (χ0) is 23.1. The third kappa shape index (κ3) is 4.26. The lowest BCUT2D eigenvalue weighted by molar-refractivity contribution is -0.134. The molecule has 3 fully saturated rings. The van der Waals surface area contributed by atoms with Crippen molar-refractivity contribution in [2.45, 2.75) is 57.5 Å². The third-order valence-corrected chi connectivity index (χ3v) is 7.81. The first-order chi connectivity index (χ1) is 15.9. The number of carbonyl (C=O) groups is 2. The molecular formula is C25H36N6O2. The van der Waals surface area contributed by atoms with E-state index in [9.17, 15) is 9.59 Å². The Morgan fingerprint density at radius 2 is 1.79 bits per heavy atom. The number of amides is 2. The van der Waals surface area contributed by atoms with Gasteiger partial charge in [0.15, 0.2) is 0 Å². The highest BCUT2D eigenvalue weighted by molar-refractivity contribution is 6.03. The number of piperazine rings is 1. The number of rotatable bonds is 4. The van der Waals surface area contributed by atoms with Crippen molar-refractivity contribution < 1.29 is 9.59 Å². The van der Waals surface area contributed by atoms with Crippen molar-refractivity contribution in [3.8, 4) is 0 Å². The number of hydrogen-bond donors (Lipinski definition) is 2. The lowest BCUT2D eigenvalue weighted by atomic mass is 9.92. The maximum Gasteiger partial charge on any atom is 0.235 e. The molecular weight excluding hydrogens is 416 g/mol. The minimum absolute atomic E-state index is 0.192. The van der Waals surface area contributed by atoms with Crippen LogP contribution in [-0.4, -0.2) is 71.3 Å². The van der Waals surface area contributed by atoms with E-state index in [0.717, 1.165) is 48.7 Å². The average Bonchev–Trinajstić information content (AvgIpc) is 3.13. The Kier molecular flexibility index (Phi) is 6.14. The predicted molar refractivity (Wildman–Crippen MR) is 129 cm³/mol. The Bertz CT molecular complexity index is 1030. The fraction of sp³-hybridized carbons (Fsp3) is 0.640. The predicted octanol–water partition coefficient (Wildman–Crippen LogP) is 1.99. The van der Waals surface area contributed by atoms with Gasteiger partial charge >= 0.3 is 0 Å². The molecule has 1 aromatic carbocycles. The van der Waals surface area contributed by atoms with Crippen LogP contribution in [0.25, 0.3) is 10.9 Å². The summed E-state index contributed by atoms with van der Waals surface area (Å²) in [4.78, 5) is 29.3. The van der Waals surface area contributed by atoms with Crippen LogP contribution in [0.3, 0.4) is 0 Å². The van der Waals surface area contributed by atoms with Gasteiger partial charge in [-0.05, 0) is 58.2 Å². The van der Waals surface area contributed by atoms with Gasteiger partial charge in [0.25, 0.3) is 0 Å². The minimum atomic E-state index is -0.374. The van der Waals surface area contributed by atoms with Gasteiger partial charge in [-0.15, -0.1) is 0 Å². The molecule has 8 nitrogen and oxygen atoms in total. The van der Waals surface area contributed by atoms with E-state index in [4.69, 9.17) is 5.10 Å². The molecule has 3 aliphatic heterocycles. The summed E-state index contributed by atoms with van der Waals surface area (Å²) in [5, 5.41) is 11.8. The van der Waals surface area contributed by atoms with Gasteiger partial charge in [0.2, 0.25) is 11.8 Å². The van der Waals surface area contributed by atoms with Crippen LogP contribution >= 0.6 is 0 Å². The summed E-state index contributed by atoms with van der Waals surface area (Å²) < 4.78 is 1.92. The Labute approximate surface area is 195 Å². The van der Waals surface area contributed by atoms with Gasteiger partial charge in [0.1, 0.15) is 0 Å². The molecule has 3 saturated heterocycles. The van der Waals surface area contributed by atoms with Crippen LogP contribution in [0.1, 0.15) is 51.1 Å². The molecule has 0 spiro atoms. The molecule has 33 heavy (non-hydrogen) atoms. The molecule has 0 bridgehead atoms. The van der Waals surface area contributed by atoms with Crippen LogP contribution in [-0.2, 0) is 16.6 Å². The van der Waals surface area contributed by atoms with E-state index in [1.165, 1.54) is 25.1 Å². The SMILES string of the molecule is C[C@H]1CN(c2cccc3c(C4CCC(=O)NC4=O)nn(C)c23)C[C@H](C)N1CC1CCNCC1. The van der Waals surface area contributed by atoms with E-state index >= 15 is 0 Å². The smallest absolute Gasteiger partial charge is 0.235 e. The van der Waals surface area contributed by atoms with E-state index in [0.29, 0.717) is 24.9 Å². The number of nitrogens with one attached hydrogen (secondary N) is 2. The normalized spacial score (nSPS) is 27.8. The van der Waals surface area contributed by atoms with E-state index in [2.05, 4.69) is 52.5 Å². The van der Waals surface area contributed by atoms with E-state index in [-0.39, 0.29) is 17.7 Å². The number of hydrogen-bond acceptors (Lipinski definition) is 6. The molecule has 2 N–H and O–H groups in total. The maximum atomic E-state index is 12.5. The highest BCUT2D eigenvalue weighted by atomic mass is 16.2. The van der Waals surface area contributed by atoms with Crippen molar-refractivity contribution in [1.82, 2.24) is 25.3 Å². The fourth-order valence-corrected chi connectivity index (χ4v) is 6.09. The first-order valence-electron chi connectivity index (χ1n) is 12.4. The molecule has 3 aliphatic rings.